The van der Waals surface area contributed by atoms with E-state index >= 15 is 0 Å². The van der Waals surface area contributed by atoms with Crippen molar-refractivity contribution in [3.8, 4) is 0 Å². The zero-order valence-electron chi connectivity index (χ0n) is 10.4. The Balaban J connectivity index is 2.17. The highest BCUT2D eigenvalue weighted by molar-refractivity contribution is 5.87. The molecule has 0 aromatic rings. The van der Waals surface area contributed by atoms with Crippen molar-refractivity contribution in [1.29, 1.82) is 0 Å². The summed E-state index contributed by atoms with van der Waals surface area (Å²) < 4.78 is 0. The molecule has 0 unspecified atom stereocenters. The standard InChI is InChI=1S/C12H21N3O2/c1-3-12(17)15-9-7-14(8-10-15)6-4-5-11(16)13-2/h3H,1,4-10H2,2H3,(H,13,16). The van der Waals surface area contributed by atoms with E-state index in [2.05, 4.69) is 16.8 Å². The van der Waals surface area contributed by atoms with Crippen molar-refractivity contribution >= 4 is 11.8 Å². The Bertz CT molecular complexity index is 283. The maximum absolute atomic E-state index is 11.4. The van der Waals surface area contributed by atoms with Gasteiger partial charge in [-0.2, -0.15) is 0 Å². The van der Waals surface area contributed by atoms with E-state index < -0.39 is 0 Å². The summed E-state index contributed by atoms with van der Waals surface area (Å²) in [6.07, 6.45) is 2.80. The molecule has 0 aromatic heterocycles. The first-order valence-electron chi connectivity index (χ1n) is 6.01. The predicted octanol–water partition coefficient (Wildman–Crippen LogP) is -0.157. The summed E-state index contributed by atoms with van der Waals surface area (Å²) in [5.41, 5.74) is 0. The normalized spacial score (nSPS) is 16.6. The smallest absolute Gasteiger partial charge is 0.246 e. The SMILES string of the molecule is C=CC(=O)N1CCN(CCCC(=O)NC)CC1. The van der Waals surface area contributed by atoms with Crippen LogP contribution in [-0.4, -0.2) is 61.4 Å². The van der Waals surface area contributed by atoms with Crippen molar-refractivity contribution < 1.29 is 9.59 Å². The number of rotatable bonds is 5. The van der Waals surface area contributed by atoms with Gasteiger partial charge in [0.25, 0.3) is 0 Å². The van der Waals surface area contributed by atoms with Gasteiger partial charge in [0.05, 0.1) is 0 Å². The van der Waals surface area contributed by atoms with E-state index in [1.54, 1.807) is 7.05 Å². The maximum Gasteiger partial charge on any atom is 0.246 e. The first kappa shape index (κ1) is 13.7. The second kappa shape index (κ2) is 7.06. The number of carbonyl (C=O) groups is 2. The number of piperazine rings is 1. The van der Waals surface area contributed by atoms with Crippen molar-refractivity contribution in [1.82, 2.24) is 15.1 Å². The Kier molecular flexibility index (Phi) is 5.69. The molecule has 5 heteroatoms. The molecule has 0 aliphatic carbocycles. The second-order valence-corrected chi connectivity index (χ2v) is 4.15. The van der Waals surface area contributed by atoms with Crippen LogP contribution in [0.2, 0.25) is 0 Å². The van der Waals surface area contributed by atoms with Crippen LogP contribution in [0.1, 0.15) is 12.8 Å². The molecule has 1 saturated heterocycles. The lowest BCUT2D eigenvalue weighted by Crippen LogP contribution is -2.48. The van der Waals surface area contributed by atoms with Gasteiger partial charge < -0.3 is 10.2 Å². The molecule has 1 fully saturated rings. The minimum atomic E-state index is 0.00927. The van der Waals surface area contributed by atoms with Crippen molar-refractivity contribution in [3.05, 3.63) is 12.7 Å². The number of nitrogens with one attached hydrogen (secondary N) is 1. The number of hydrogen-bond donors (Lipinski definition) is 1. The Hall–Kier alpha value is -1.36. The van der Waals surface area contributed by atoms with Crippen LogP contribution in [0.5, 0.6) is 0 Å². The van der Waals surface area contributed by atoms with E-state index in [9.17, 15) is 9.59 Å². The third-order valence-electron chi connectivity index (χ3n) is 3.02. The number of hydrogen-bond acceptors (Lipinski definition) is 3. The molecule has 1 heterocycles. The van der Waals surface area contributed by atoms with Gasteiger partial charge in [0, 0.05) is 39.6 Å². The average molecular weight is 239 g/mol. The molecule has 5 nitrogen and oxygen atoms in total. The van der Waals surface area contributed by atoms with Gasteiger partial charge in [-0.05, 0) is 19.0 Å². The van der Waals surface area contributed by atoms with E-state index in [1.807, 2.05) is 4.90 Å². The van der Waals surface area contributed by atoms with E-state index in [-0.39, 0.29) is 11.8 Å². The lowest BCUT2D eigenvalue weighted by Gasteiger charge is -2.34. The first-order valence-corrected chi connectivity index (χ1v) is 6.01. The van der Waals surface area contributed by atoms with Gasteiger partial charge in [-0.1, -0.05) is 6.58 Å². The molecule has 0 aromatic carbocycles. The van der Waals surface area contributed by atoms with Gasteiger partial charge in [0.1, 0.15) is 0 Å². The van der Waals surface area contributed by atoms with Crippen LogP contribution in [0.15, 0.2) is 12.7 Å². The summed E-state index contributed by atoms with van der Waals surface area (Å²) in [7, 11) is 1.65. The van der Waals surface area contributed by atoms with Crippen LogP contribution in [0, 0.1) is 0 Å². The minimum absolute atomic E-state index is 0.00927. The molecular formula is C12H21N3O2. The molecule has 0 saturated carbocycles. The fourth-order valence-corrected chi connectivity index (χ4v) is 1.91. The molecular weight excluding hydrogens is 218 g/mol. The Labute approximate surface area is 102 Å². The summed E-state index contributed by atoms with van der Waals surface area (Å²) in [5.74, 6) is 0.0977. The third-order valence-corrected chi connectivity index (χ3v) is 3.02. The highest BCUT2D eigenvalue weighted by Gasteiger charge is 2.18. The topological polar surface area (TPSA) is 52.7 Å². The van der Waals surface area contributed by atoms with E-state index in [0.717, 1.165) is 39.1 Å². The molecule has 0 spiro atoms. The maximum atomic E-state index is 11.4. The molecule has 1 rings (SSSR count). The van der Waals surface area contributed by atoms with E-state index in [0.29, 0.717) is 6.42 Å². The van der Waals surface area contributed by atoms with Gasteiger partial charge in [-0.3, -0.25) is 14.5 Å². The highest BCUT2D eigenvalue weighted by atomic mass is 16.2. The van der Waals surface area contributed by atoms with Crippen molar-refractivity contribution in [2.45, 2.75) is 12.8 Å². The zero-order chi connectivity index (χ0) is 12.7. The Morgan fingerprint density at radius 1 is 1.29 bits per heavy atom. The molecule has 1 aliphatic heterocycles. The fourth-order valence-electron chi connectivity index (χ4n) is 1.91. The third kappa shape index (κ3) is 4.56. The monoisotopic (exact) mass is 239 g/mol. The van der Waals surface area contributed by atoms with E-state index in [1.165, 1.54) is 6.08 Å². The Morgan fingerprint density at radius 3 is 2.47 bits per heavy atom. The molecule has 1 aliphatic rings. The molecule has 1 N–H and O–H groups in total. The lowest BCUT2D eigenvalue weighted by atomic mass is 10.2. The summed E-state index contributed by atoms with van der Waals surface area (Å²) in [6.45, 7) is 7.68. The molecule has 0 radical (unpaired) electrons. The van der Waals surface area contributed by atoms with Gasteiger partial charge in [-0.25, -0.2) is 0 Å². The van der Waals surface area contributed by atoms with Crippen molar-refractivity contribution in [2.24, 2.45) is 0 Å². The van der Waals surface area contributed by atoms with Crippen LogP contribution >= 0.6 is 0 Å². The predicted molar refractivity (Wildman–Crippen MR) is 66.5 cm³/mol. The molecule has 96 valence electrons. The molecule has 0 bridgehead atoms. The number of amides is 2. The first-order chi connectivity index (χ1) is 8.17. The number of nitrogens with zero attached hydrogens (tertiary/aromatic N) is 2. The number of carbonyl (C=O) groups excluding carboxylic acids is 2. The van der Waals surface area contributed by atoms with Gasteiger partial charge in [0.15, 0.2) is 0 Å². The second-order valence-electron chi connectivity index (χ2n) is 4.15. The summed E-state index contributed by atoms with van der Waals surface area (Å²) in [6, 6.07) is 0. The Morgan fingerprint density at radius 2 is 1.94 bits per heavy atom. The van der Waals surface area contributed by atoms with Crippen LogP contribution in [0.4, 0.5) is 0 Å². The van der Waals surface area contributed by atoms with Crippen LogP contribution in [0.25, 0.3) is 0 Å². The van der Waals surface area contributed by atoms with E-state index in [4.69, 9.17) is 0 Å². The van der Waals surface area contributed by atoms with Gasteiger partial charge in [0.2, 0.25) is 11.8 Å². The highest BCUT2D eigenvalue weighted by Crippen LogP contribution is 2.04. The summed E-state index contributed by atoms with van der Waals surface area (Å²) >= 11 is 0. The molecule has 17 heavy (non-hydrogen) atoms. The average Bonchev–Trinajstić information content (AvgIpc) is 2.38. The molecule has 2 amide bonds. The van der Waals surface area contributed by atoms with Gasteiger partial charge >= 0.3 is 0 Å². The van der Waals surface area contributed by atoms with Crippen LogP contribution in [-0.2, 0) is 9.59 Å². The largest absolute Gasteiger partial charge is 0.359 e. The van der Waals surface area contributed by atoms with Gasteiger partial charge in [-0.15, -0.1) is 0 Å². The quantitative estimate of drug-likeness (QED) is 0.678. The summed E-state index contributed by atoms with van der Waals surface area (Å²) in [4.78, 5) is 26.5. The zero-order valence-corrected chi connectivity index (χ0v) is 10.4. The minimum Gasteiger partial charge on any atom is -0.359 e. The van der Waals surface area contributed by atoms with Crippen LogP contribution in [0.3, 0.4) is 0 Å². The van der Waals surface area contributed by atoms with Crippen molar-refractivity contribution in [2.75, 3.05) is 39.8 Å². The van der Waals surface area contributed by atoms with Crippen LogP contribution < -0.4 is 5.32 Å². The summed E-state index contributed by atoms with van der Waals surface area (Å²) in [5, 5.41) is 2.61. The lowest BCUT2D eigenvalue weighted by molar-refractivity contribution is -0.127. The van der Waals surface area contributed by atoms with Crippen molar-refractivity contribution in [3.63, 3.8) is 0 Å². The fraction of sp³-hybridized carbons (Fsp3) is 0.667. The molecule has 0 atom stereocenters.